The van der Waals surface area contributed by atoms with Crippen LogP contribution in [0.1, 0.15) is 32.0 Å². The van der Waals surface area contributed by atoms with Gasteiger partial charge in [-0.1, -0.05) is 24.3 Å². The summed E-state index contributed by atoms with van der Waals surface area (Å²) >= 11 is 0. The number of halogens is 4. The molecule has 3 N–H and O–H groups in total. The molecule has 5 aromatic rings. The maximum atomic E-state index is 15.1. The largest absolute Gasteiger partial charge is 0.417 e. The van der Waals surface area contributed by atoms with Crippen LogP contribution >= 0.6 is 0 Å². The summed E-state index contributed by atoms with van der Waals surface area (Å²) in [6, 6.07) is 11.3. The molecule has 0 atom stereocenters. The van der Waals surface area contributed by atoms with Gasteiger partial charge in [-0.15, -0.1) is 0 Å². The van der Waals surface area contributed by atoms with E-state index < -0.39 is 40.5 Å². The summed E-state index contributed by atoms with van der Waals surface area (Å²) in [4.78, 5) is 29.6. The number of hydrogen-bond donors (Lipinski definition) is 2. The Hall–Kier alpha value is -5.00. The van der Waals surface area contributed by atoms with E-state index in [4.69, 9.17) is 5.73 Å². The number of nitrogens with one attached hydrogen (secondary N) is 1. The van der Waals surface area contributed by atoms with Crippen molar-refractivity contribution in [3.63, 3.8) is 0 Å². The number of alkyl halides is 3. The summed E-state index contributed by atoms with van der Waals surface area (Å²) < 4.78 is 59.0. The molecule has 0 aliphatic carbocycles. The Labute approximate surface area is 218 Å². The number of anilines is 1. The minimum atomic E-state index is -4.90. The highest BCUT2D eigenvalue weighted by Gasteiger charge is 2.36. The fraction of sp³-hybridized carbons (Fsp3) is 0.111. The molecule has 0 saturated heterocycles. The summed E-state index contributed by atoms with van der Waals surface area (Å²) in [5.41, 5.74) is 5.34. The first-order valence-corrected chi connectivity index (χ1v) is 11.5. The van der Waals surface area contributed by atoms with E-state index in [2.05, 4.69) is 15.4 Å². The zero-order valence-corrected chi connectivity index (χ0v) is 20.5. The number of aromatic nitrogens is 4. The Morgan fingerprint density at radius 3 is 2.38 bits per heavy atom. The first kappa shape index (κ1) is 25.6. The highest BCUT2D eigenvalue weighted by atomic mass is 19.4. The van der Waals surface area contributed by atoms with Crippen LogP contribution in [0.4, 0.5) is 23.2 Å². The molecule has 0 unspecified atom stereocenters. The maximum absolute atomic E-state index is 15.1. The zero-order chi connectivity index (χ0) is 28.1. The normalized spacial score (nSPS) is 11.6. The van der Waals surface area contributed by atoms with E-state index >= 15 is 4.39 Å². The second-order valence-electron chi connectivity index (χ2n) is 8.82. The topological polar surface area (TPSA) is 107 Å². The summed E-state index contributed by atoms with van der Waals surface area (Å²) in [5.74, 6) is -3.16. The molecule has 0 bridgehead atoms. The van der Waals surface area contributed by atoms with Gasteiger partial charge in [0.2, 0.25) is 0 Å². The summed E-state index contributed by atoms with van der Waals surface area (Å²) in [6.45, 7) is 1.85. The number of hydrogen-bond acceptors (Lipinski definition) is 4. The average Bonchev–Trinajstić information content (AvgIpc) is 3.50. The number of aryl methyl sites for hydroxylation is 2. The summed E-state index contributed by atoms with van der Waals surface area (Å²) in [7, 11) is 1.52. The van der Waals surface area contributed by atoms with E-state index in [9.17, 15) is 22.8 Å². The Morgan fingerprint density at radius 2 is 1.74 bits per heavy atom. The van der Waals surface area contributed by atoms with Gasteiger partial charge in [-0.2, -0.15) is 18.3 Å². The second kappa shape index (κ2) is 9.39. The number of imidazole rings is 1. The molecule has 3 aromatic heterocycles. The van der Waals surface area contributed by atoms with Gasteiger partial charge in [-0.25, -0.2) is 9.37 Å². The van der Waals surface area contributed by atoms with Gasteiger partial charge in [0.15, 0.2) is 5.65 Å². The van der Waals surface area contributed by atoms with Gasteiger partial charge in [0.25, 0.3) is 11.8 Å². The molecule has 0 fully saturated rings. The molecule has 39 heavy (non-hydrogen) atoms. The van der Waals surface area contributed by atoms with Crippen molar-refractivity contribution in [1.82, 2.24) is 19.2 Å². The number of nitrogens with two attached hydrogens (primary N) is 1. The van der Waals surface area contributed by atoms with E-state index in [0.29, 0.717) is 11.1 Å². The molecule has 3 heterocycles. The minimum Gasteiger partial charge on any atom is -0.364 e. The van der Waals surface area contributed by atoms with E-state index in [0.717, 1.165) is 11.6 Å². The molecule has 5 rings (SSSR count). The Kier molecular flexibility index (Phi) is 6.17. The van der Waals surface area contributed by atoms with Gasteiger partial charge in [-0.05, 0) is 42.3 Å². The van der Waals surface area contributed by atoms with Crippen molar-refractivity contribution >= 4 is 23.1 Å². The van der Waals surface area contributed by atoms with Crippen LogP contribution in [0.25, 0.3) is 28.0 Å². The number of carbonyl (C=O) groups is 2. The fourth-order valence-corrected chi connectivity index (χ4v) is 4.39. The van der Waals surface area contributed by atoms with Crippen LogP contribution in [0.15, 0.2) is 67.1 Å². The number of carbonyl (C=O) groups excluding carboxylic acids is 2. The molecular formula is C27H20F4N6O2. The predicted octanol–water partition coefficient (Wildman–Crippen LogP) is 5.22. The third-order valence-electron chi connectivity index (χ3n) is 6.25. The van der Waals surface area contributed by atoms with Crippen molar-refractivity contribution in [2.24, 2.45) is 12.8 Å². The standard InChI is InChI=1S/C27H20F4N6O2/c1-14-5-3-4-6-15(14)16-7-10-37-22(24(32)38)13-33-25(37)23(16)34-26(39)18-11-17(21-8-9-36(2)35-21)19(12-20(18)28)27(29,30)31/h3-13H,1-2H3,(H2,32,38)(H,34,39). The number of fused-ring (bicyclic) bond motifs is 1. The van der Waals surface area contributed by atoms with E-state index in [-0.39, 0.29) is 28.8 Å². The molecule has 0 radical (unpaired) electrons. The number of benzene rings is 2. The maximum Gasteiger partial charge on any atom is 0.417 e. The molecule has 0 aliphatic heterocycles. The monoisotopic (exact) mass is 536 g/mol. The van der Waals surface area contributed by atoms with Gasteiger partial charge in [0.1, 0.15) is 11.5 Å². The summed E-state index contributed by atoms with van der Waals surface area (Å²) in [5, 5.41) is 6.61. The van der Waals surface area contributed by atoms with Gasteiger partial charge in [-0.3, -0.25) is 18.7 Å². The number of pyridine rings is 1. The van der Waals surface area contributed by atoms with Crippen molar-refractivity contribution < 1.29 is 27.2 Å². The van der Waals surface area contributed by atoms with Crippen molar-refractivity contribution in [2.45, 2.75) is 13.1 Å². The van der Waals surface area contributed by atoms with E-state index in [1.54, 1.807) is 24.4 Å². The SMILES string of the molecule is Cc1ccccc1-c1ccn2c(C(N)=O)cnc2c1NC(=O)c1cc(-c2ccn(C)n2)c(C(F)(F)F)cc1F. The van der Waals surface area contributed by atoms with Gasteiger partial charge >= 0.3 is 6.18 Å². The lowest BCUT2D eigenvalue weighted by Gasteiger charge is -2.17. The van der Waals surface area contributed by atoms with Crippen LogP contribution in [0, 0.1) is 12.7 Å². The Balaban J connectivity index is 1.68. The highest BCUT2D eigenvalue weighted by molar-refractivity contribution is 6.10. The van der Waals surface area contributed by atoms with Crippen LogP contribution in [-0.4, -0.2) is 31.0 Å². The van der Waals surface area contributed by atoms with Crippen LogP contribution in [-0.2, 0) is 13.2 Å². The molecular weight excluding hydrogens is 516 g/mol. The van der Waals surface area contributed by atoms with Gasteiger partial charge < -0.3 is 11.1 Å². The number of rotatable bonds is 5. The van der Waals surface area contributed by atoms with Crippen molar-refractivity contribution in [2.75, 3.05) is 5.32 Å². The number of primary amides is 1. The highest BCUT2D eigenvalue weighted by Crippen LogP contribution is 2.39. The summed E-state index contributed by atoms with van der Waals surface area (Å²) in [6.07, 6.45) is -0.680. The van der Waals surface area contributed by atoms with Crippen LogP contribution in [0.5, 0.6) is 0 Å². The smallest absolute Gasteiger partial charge is 0.364 e. The lowest BCUT2D eigenvalue weighted by Crippen LogP contribution is -2.18. The van der Waals surface area contributed by atoms with Crippen molar-refractivity contribution in [3.8, 4) is 22.4 Å². The first-order chi connectivity index (χ1) is 18.5. The second-order valence-corrected chi connectivity index (χ2v) is 8.82. The quantitative estimate of drug-likeness (QED) is 0.301. The Bertz CT molecular complexity index is 1770. The molecule has 0 aliphatic rings. The van der Waals surface area contributed by atoms with Crippen LogP contribution in [0.3, 0.4) is 0 Å². The lowest BCUT2D eigenvalue weighted by molar-refractivity contribution is -0.137. The van der Waals surface area contributed by atoms with Gasteiger partial charge in [0.05, 0.1) is 28.7 Å². The molecule has 12 heteroatoms. The third-order valence-corrected chi connectivity index (χ3v) is 6.25. The van der Waals surface area contributed by atoms with E-state index in [1.807, 2.05) is 19.1 Å². The zero-order valence-electron chi connectivity index (χ0n) is 20.5. The van der Waals surface area contributed by atoms with Crippen LogP contribution in [0.2, 0.25) is 0 Å². The van der Waals surface area contributed by atoms with Crippen molar-refractivity contribution in [3.05, 3.63) is 95.3 Å². The van der Waals surface area contributed by atoms with Gasteiger partial charge in [0, 0.05) is 30.6 Å². The van der Waals surface area contributed by atoms with Crippen molar-refractivity contribution in [1.29, 1.82) is 0 Å². The van der Waals surface area contributed by atoms with E-state index in [1.165, 1.54) is 34.6 Å². The third kappa shape index (κ3) is 4.60. The minimum absolute atomic E-state index is 0.0370. The number of nitrogens with zero attached hydrogens (tertiary/aromatic N) is 4. The average molecular weight is 536 g/mol. The molecule has 2 aromatic carbocycles. The predicted molar refractivity (Wildman–Crippen MR) is 135 cm³/mol. The fourth-order valence-electron chi connectivity index (χ4n) is 4.39. The molecule has 2 amide bonds. The molecule has 8 nitrogen and oxygen atoms in total. The number of amides is 2. The van der Waals surface area contributed by atoms with Crippen LogP contribution < -0.4 is 11.1 Å². The lowest BCUT2D eigenvalue weighted by atomic mass is 9.98. The molecule has 0 saturated carbocycles. The molecule has 0 spiro atoms. The Morgan fingerprint density at radius 1 is 1.00 bits per heavy atom. The first-order valence-electron chi connectivity index (χ1n) is 11.5. The molecule has 198 valence electrons.